The molecule has 0 aliphatic carbocycles. The van der Waals surface area contributed by atoms with Crippen LogP contribution in [0.5, 0.6) is 0 Å². The van der Waals surface area contributed by atoms with Gasteiger partial charge in [-0.2, -0.15) is 0 Å². The minimum Gasteiger partial charge on any atom is -0.320 e. The van der Waals surface area contributed by atoms with Crippen molar-refractivity contribution in [1.29, 1.82) is 0 Å². The zero-order valence-corrected chi connectivity index (χ0v) is 12.9. The third-order valence-electron chi connectivity index (χ3n) is 3.45. The Bertz CT molecular complexity index is 731. The molecular weight excluding hydrogens is 298 g/mol. The summed E-state index contributed by atoms with van der Waals surface area (Å²) in [7, 11) is 0. The van der Waals surface area contributed by atoms with Gasteiger partial charge < -0.3 is 4.90 Å². The Labute approximate surface area is 132 Å². The van der Waals surface area contributed by atoms with Gasteiger partial charge in [0.1, 0.15) is 0 Å². The molecule has 0 unspecified atom stereocenters. The normalized spacial score (nSPS) is 16.2. The van der Waals surface area contributed by atoms with Crippen LogP contribution < -0.4 is 4.90 Å². The van der Waals surface area contributed by atoms with E-state index in [1.165, 1.54) is 6.07 Å². The second kappa shape index (κ2) is 6.19. The summed E-state index contributed by atoms with van der Waals surface area (Å²) in [5.41, 5.74) is 2.80. The number of benzene rings is 2. The molecule has 1 aliphatic rings. The molecule has 1 aliphatic heterocycles. The number of para-hydroxylation sites is 1. The van der Waals surface area contributed by atoms with Crippen molar-refractivity contribution in [1.82, 2.24) is 0 Å². The molecule has 112 valence electrons. The number of hydrogen-bond acceptors (Lipinski definition) is 4. The minimum absolute atomic E-state index is 0.0976. The van der Waals surface area contributed by atoms with Gasteiger partial charge in [0.05, 0.1) is 10.6 Å². The monoisotopic (exact) mass is 313 g/mol. The van der Waals surface area contributed by atoms with Gasteiger partial charge in [-0.15, -0.1) is 0 Å². The molecule has 0 aromatic heterocycles. The molecule has 0 saturated carbocycles. The van der Waals surface area contributed by atoms with Crippen LogP contribution >= 0.6 is 11.8 Å². The highest BCUT2D eigenvalue weighted by Gasteiger charge is 2.21. The third-order valence-corrected chi connectivity index (χ3v) is 4.41. The van der Waals surface area contributed by atoms with E-state index in [4.69, 9.17) is 4.99 Å². The summed E-state index contributed by atoms with van der Waals surface area (Å²) in [4.78, 5) is 17.3. The van der Waals surface area contributed by atoms with Crippen LogP contribution in [-0.4, -0.2) is 22.4 Å². The summed E-state index contributed by atoms with van der Waals surface area (Å²) in [5.74, 6) is 0.986. The number of amidine groups is 1. The predicted molar refractivity (Wildman–Crippen MR) is 91.2 cm³/mol. The van der Waals surface area contributed by atoms with Crippen molar-refractivity contribution in [3.8, 4) is 0 Å². The minimum atomic E-state index is -0.384. The van der Waals surface area contributed by atoms with Gasteiger partial charge in [-0.05, 0) is 30.7 Å². The second-order valence-electron chi connectivity index (χ2n) is 4.96. The summed E-state index contributed by atoms with van der Waals surface area (Å²) in [6.45, 7) is 2.76. The molecule has 22 heavy (non-hydrogen) atoms. The number of nitro benzene ring substituents is 1. The Morgan fingerprint density at radius 1 is 1.23 bits per heavy atom. The molecule has 1 heterocycles. The van der Waals surface area contributed by atoms with Crippen molar-refractivity contribution < 1.29 is 4.92 Å². The lowest BCUT2D eigenvalue weighted by atomic mass is 10.2. The van der Waals surface area contributed by atoms with E-state index < -0.39 is 0 Å². The summed E-state index contributed by atoms with van der Waals surface area (Å²) in [6.07, 6.45) is 0. The number of nitro groups is 1. The van der Waals surface area contributed by atoms with Crippen LogP contribution in [0.3, 0.4) is 0 Å². The van der Waals surface area contributed by atoms with Crippen LogP contribution in [0.15, 0.2) is 53.5 Å². The van der Waals surface area contributed by atoms with Crippen molar-refractivity contribution in [3.05, 3.63) is 64.2 Å². The fourth-order valence-corrected chi connectivity index (χ4v) is 3.30. The molecular formula is C16H15N3O2S. The van der Waals surface area contributed by atoms with E-state index in [2.05, 4.69) is 17.0 Å². The molecule has 0 N–H and O–H groups in total. The zero-order chi connectivity index (χ0) is 15.5. The molecule has 0 bridgehead atoms. The van der Waals surface area contributed by atoms with Crippen molar-refractivity contribution >= 4 is 34.0 Å². The van der Waals surface area contributed by atoms with Crippen LogP contribution in [-0.2, 0) is 0 Å². The maximum atomic E-state index is 10.8. The molecule has 5 nitrogen and oxygen atoms in total. The first-order valence-electron chi connectivity index (χ1n) is 6.94. The topological polar surface area (TPSA) is 58.7 Å². The highest BCUT2D eigenvalue weighted by molar-refractivity contribution is 8.14. The molecule has 1 fully saturated rings. The average Bonchev–Trinajstić information content (AvgIpc) is 2.98. The quantitative estimate of drug-likeness (QED) is 0.631. The van der Waals surface area contributed by atoms with E-state index >= 15 is 0 Å². The Balaban J connectivity index is 1.92. The van der Waals surface area contributed by atoms with Gasteiger partial charge in [0.2, 0.25) is 0 Å². The number of hydrogen-bond donors (Lipinski definition) is 0. The number of thioether (sulfide) groups is 1. The number of nitrogens with zero attached hydrogens (tertiary/aromatic N) is 3. The molecule has 6 heteroatoms. The van der Waals surface area contributed by atoms with Gasteiger partial charge in [-0.25, -0.2) is 4.99 Å². The molecule has 0 amide bonds. The Morgan fingerprint density at radius 2 is 2.00 bits per heavy atom. The van der Waals surface area contributed by atoms with Crippen molar-refractivity contribution in [3.63, 3.8) is 0 Å². The Kier molecular flexibility index (Phi) is 4.11. The van der Waals surface area contributed by atoms with Gasteiger partial charge in [0.15, 0.2) is 5.17 Å². The highest BCUT2D eigenvalue weighted by atomic mass is 32.2. The lowest BCUT2D eigenvalue weighted by Gasteiger charge is -2.18. The third kappa shape index (κ3) is 2.96. The van der Waals surface area contributed by atoms with E-state index in [1.54, 1.807) is 23.9 Å². The van der Waals surface area contributed by atoms with Gasteiger partial charge in [-0.3, -0.25) is 10.1 Å². The van der Waals surface area contributed by atoms with E-state index in [1.807, 2.05) is 25.1 Å². The average molecular weight is 313 g/mol. The maximum absolute atomic E-state index is 10.8. The van der Waals surface area contributed by atoms with Crippen molar-refractivity contribution in [2.75, 3.05) is 17.2 Å². The summed E-state index contributed by atoms with van der Waals surface area (Å²) >= 11 is 1.70. The van der Waals surface area contributed by atoms with E-state index in [-0.39, 0.29) is 10.6 Å². The van der Waals surface area contributed by atoms with Crippen LogP contribution in [0.25, 0.3) is 0 Å². The molecule has 1 saturated heterocycles. The van der Waals surface area contributed by atoms with Gasteiger partial charge in [0, 0.05) is 30.1 Å². The fraction of sp³-hybridized carbons (Fsp3) is 0.188. The first kappa shape index (κ1) is 14.6. The molecule has 2 aromatic rings. The number of rotatable bonds is 3. The SMILES string of the molecule is Cc1cc([N+](=O)[O-])ccc1N=C1SCCN1c1ccccc1. The van der Waals surface area contributed by atoms with Crippen LogP contribution in [0.1, 0.15) is 5.56 Å². The van der Waals surface area contributed by atoms with Gasteiger partial charge >= 0.3 is 0 Å². The molecule has 0 spiro atoms. The predicted octanol–water partition coefficient (Wildman–Crippen LogP) is 4.14. The highest BCUT2D eigenvalue weighted by Crippen LogP contribution is 2.30. The van der Waals surface area contributed by atoms with E-state index in [0.29, 0.717) is 0 Å². The maximum Gasteiger partial charge on any atom is 0.269 e. The van der Waals surface area contributed by atoms with Crippen LogP contribution in [0.2, 0.25) is 0 Å². The van der Waals surface area contributed by atoms with Gasteiger partial charge in [0.25, 0.3) is 5.69 Å². The number of non-ortho nitro benzene ring substituents is 1. The van der Waals surface area contributed by atoms with Crippen molar-refractivity contribution in [2.45, 2.75) is 6.92 Å². The van der Waals surface area contributed by atoms with Crippen LogP contribution in [0, 0.1) is 17.0 Å². The zero-order valence-electron chi connectivity index (χ0n) is 12.1. The fourth-order valence-electron chi connectivity index (χ4n) is 2.32. The molecule has 2 aromatic carbocycles. The number of aliphatic imine (C=N–C) groups is 1. The first-order chi connectivity index (χ1) is 10.6. The number of aryl methyl sites for hydroxylation is 1. The van der Waals surface area contributed by atoms with Crippen LogP contribution in [0.4, 0.5) is 17.1 Å². The Morgan fingerprint density at radius 3 is 2.68 bits per heavy atom. The van der Waals surface area contributed by atoms with Crippen molar-refractivity contribution in [2.24, 2.45) is 4.99 Å². The standard InChI is InChI=1S/C16H15N3O2S/c1-12-11-14(19(20)21)7-8-15(12)17-16-18(9-10-22-16)13-5-3-2-4-6-13/h2-8,11H,9-10H2,1H3. The molecule has 0 atom stereocenters. The molecule has 0 radical (unpaired) electrons. The number of anilines is 1. The van der Waals surface area contributed by atoms with Gasteiger partial charge in [-0.1, -0.05) is 30.0 Å². The summed E-state index contributed by atoms with van der Waals surface area (Å²) < 4.78 is 0. The van der Waals surface area contributed by atoms with E-state index in [0.717, 1.165) is 34.4 Å². The lowest BCUT2D eigenvalue weighted by molar-refractivity contribution is -0.384. The smallest absolute Gasteiger partial charge is 0.269 e. The summed E-state index contributed by atoms with van der Waals surface area (Å²) in [6, 6.07) is 14.9. The largest absolute Gasteiger partial charge is 0.320 e. The second-order valence-corrected chi connectivity index (χ2v) is 6.02. The molecule has 3 rings (SSSR count). The first-order valence-corrected chi connectivity index (χ1v) is 7.93. The Hall–Kier alpha value is -2.34. The van der Waals surface area contributed by atoms with E-state index in [9.17, 15) is 10.1 Å². The lowest BCUT2D eigenvalue weighted by Crippen LogP contribution is -2.23. The summed E-state index contributed by atoms with van der Waals surface area (Å²) in [5, 5.41) is 11.7.